The SMILES string of the molecule is COCCC(C)C(=O)CC(C)OC. The van der Waals surface area contributed by atoms with Crippen LogP contribution in [0.4, 0.5) is 0 Å². The Morgan fingerprint density at radius 3 is 2.38 bits per heavy atom. The van der Waals surface area contributed by atoms with Crippen LogP contribution in [-0.2, 0) is 14.3 Å². The number of rotatable bonds is 7. The molecule has 13 heavy (non-hydrogen) atoms. The number of Topliss-reactive ketones (excluding diaryl/α,β-unsaturated/α-hetero) is 1. The van der Waals surface area contributed by atoms with Gasteiger partial charge in [0.2, 0.25) is 0 Å². The summed E-state index contributed by atoms with van der Waals surface area (Å²) in [5.41, 5.74) is 0. The fraction of sp³-hybridized carbons (Fsp3) is 0.900. The molecule has 3 nitrogen and oxygen atoms in total. The van der Waals surface area contributed by atoms with Gasteiger partial charge in [-0.2, -0.15) is 0 Å². The van der Waals surface area contributed by atoms with Crippen LogP contribution >= 0.6 is 0 Å². The lowest BCUT2D eigenvalue weighted by atomic mass is 9.99. The fourth-order valence-corrected chi connectivity index (χ4v) is 1.02. The Kier molecular flexibility index (Phi) is 6.82. The molecule has 0 saturated heterocycles. The summed E-state index contributed by atoms with van der Waals surface area (Å²) in [5, 5.41) is 0. The molecular weight excluding hydrogens is 168 g/mol. The maximum atomic E-state index is 11.5. The maximum absolute atomic E-state index is 11.5. The Hall–Kier alpha value is -0.410. The molecule has 0 aromatic carbocycles. The summed E-state index contributed by atoms with van der Waals surface area (Å²) in [6, 6.07) is 0. The van der Waals surface area contributed by atoms with Crippen molar-refractivity contribution in [3.05, 3.63) is 0 Å². The van der Waals surface area contributed by atoms with E-state index in [0.29, 0.717) is 13.0 Å². The molecular formula is C10H20O3. The van der Waals surface area contributed by atoms with Crippen molar-refractivity contribution >= 4 is 5.78 Å². The van der Waals surface area contributed by atoms with Crippen LogP contribution < -0.4 is 0 Å². The largest absolute Gasteiger partial charge is 0.385 e. The van der Waals surface area contributed by atoms with E-state index in [1.807, 2.05) is 13.8 Å². The van der Waals surface area contributed by atoms with E-state index >= 15 is 0 Å². The maximum Gasteiger partial charge on any atom is 0.138 e. The average Bonchev–Trinajstić information content (AvgIpc) is 2.13. The number of ether oxygens (including phenoxy) is 2. The lowest BCUT2D eigenvalue weighted by Gasteiger charge is -2.12. The summed E-state index contributed by atoms with van der Waals surface area (Å²) >= 11 is 0. The van der Waals surface area contributed by atoms with Gasteiger partial charge in [-0.3, -0.25) is 4.79 Å². The first-order valence-electron chi connectivity index (χ1n) is 4.66. The van der Waals surface area contributed by atoms with Crippen molar-refractivity contribution in [3.8, 4) is 0 Å². The number of methoxy groups -OCH3 is 2. The van der Waals surface area contributed by atoms with Gasteiger partial charge in [0, 0.05) is 33.2 Å². The summed E-state index contributed by atoms with van der Waals surface area (Å²) < 4.78 is 9.93. The van der Waals surface area contributed by atoms with E-state index in [1.165, 1.54) is 0 Å². The van der Waals surface area contributed by atoms with Gasteiger partial charge >= 0.3 is 0 Å². The summed E-state index contributed by atoms with van der Waals surface area (Å²) in [7, 11) is 3.27. The lowest BCUT2D eigenvalue weighted by molar-refractivity contribution is -0.125. The van der Waals surface area contributed by atoms with Crippen molar-refractivity contribution in [2.45, 2.75) is 32.8 Å². The Bertz CT molecular complexity index is 145. The van der Waals surface area contributed by atoms with Crippen LogP contribution in [0, 0.1) is 5.92 Å². The van der Waals surface area contributed by atoms with Crippen molar-refractivity contribution in [2.75, 3.05) is 20.8 Å². The molecule has 0 rings (SSSR count). The zero-order valence-electron chi connectivity index (χ0n) is 9.00. The first kappa shape index (κ1) is 12.6. The lowest BCUT2D eigenvalue weighted by Crippen LogP contribution is -2.19. The molecule has 2 atom stereocenters. The summed E-state index contributed by atoms with van der Waals surface area (Å²) in [6.45, 7) is 4.49. The Morgan fingerprint density at radius 2 is 1.92 bits per heavy atom. The highest BCUT2D eigenvalue weighted by Crippen LogP contribution is 2.09. The first-order valence-corrected chi connectivity index (χ1v) is 4.66. The van der Waals surface area contributed by atoms with E-state index in [-0.39, 0.29) is 17.8 Å². The highest BCUT2D eigenvalue weighted by Gasteiger charge is 2.15. The molecule has 0 N–H and O–H groups in total. The summed E-state index contributed by atoms with van der Waals surface area (Å²) in [6.07, 6.45) is 1.32. The Morgan fingerprint density at radius 1 is 1.31 bits per heavy atom. The molecule has 0 aromatic heterocycles. The van der Waals surface area contributed by atoms with Gasteiger partial charge in [-0.1, -0.05) is 6.92 Å². The predicted octanol–water partition coefficient (Wildman–Crippen LogP) is 1.65. The second-order valence-corrected chi connectivity index (χ2v) is 3.40. The second kappa shape index (κ2) is 7.04. The van der Waals surface area contributed by atoms with Gasteiger partial charge in [-0.25, -0.2) is 0 Å². The minimum Gasteiger partial charge on any atom is -0.385 e. The number of hydrogen-bond acceptors (Lipinski definition) is 3. The minimum absolute atomic E-state index is 0.0255. The van der Waals surface area contributed by atoms with Crippen LogP contribution in [0.25, 0.3) is 0 Å². The third kappa shape index (κ3) is 5.77. The predicted molar refractivity (Wildman–Crippen MR) is 51.8 cm³/mol. The van der Waals surface area contributed by atoms with Gasteiger partial charge in [-0.15, -0.1) is 0 Å². The van der Waals surface area contributed by atoms with Crippen molar-refractivity contribution in [1.29, 1.82) is 0 Å². The smallest absolute Gasteiger partial charge is 0.138 e. The second-order valence-electron chi connectivity index (χ2n) is 3.40. The summed E-state index contributed by atoms with van der Waals surface area (Å²) in [4.78, 5) is 11.5. The highest BCUT2D eigenvalue weighted by atomic mass is 16.5. The van der Waals surface area contributed by atoms with Gasteiger partial charge < -0.3 is 9.47 Å². The van der Waals surface area contributed by atoms with Gasteiger partial charge in [0.25, 0.3) is 0 Å². The van der Waals surface area contributed by atoms with Crippen LogP contribution in [-0.4, -0.2) is 32.7 Å². The highest BCUT2D eigenvalue weighted by molar-refractivity contribution is 5.81. The van der Waals surface area contributed by atoms with Gasteiger partial charge in [-0.05, 0) is 13.3 Å². The average molecular weight is 188 g/mol. The van der Waals surface area contributed by atoms with Crippen molar-refractivity contribution in [1.82, 2.24) is 0 Å². The van der Waals surface area contributed by atoms with E-state index < -0.39 is 0 Å². The van der Waals surface area contributed by atoms with E-state index in [0.717, 1.165) is 6.42 Å². The van der Waals surface area contributed by atoms with Crippen LogP contribution in [0.1, 0.15) is 26.7 Å². The van der Waals surface area contributed by atoms with E-state index in [4.69, 9.17) is 9.47 Å². The van der Waals surface area contributed by atoms with Crippen molar-refractivity contribution in [3.63, 3.8) is 0 Å². The molecule has 2 unspecified atom stereocenters. The molecule has 0 aliphatic rings. The van der Waals surface area contributed by atoms with Crippen molar-refractivity contribution < 1.29 is 14.3 Å². The molecule has 0 heterocycles. The molecule has 3 heteroatoms. The van der Waals surface area contributed by atoms with E-state index in [2.05, 4.69) is 0 Å². The van der Waals surface area contributed by atoms with Gasteiger partial charge in [0.05, 0.1) is 6.10 Å². The normalized spacial score (nSPS) is 15.4. The molecule has 0 aliphatic heterocycles. The Balaban J connectivity index is 3.68. The zero-order chi connectivity index (χ0) is 10.3. The minimum atomic E-state index is 0.0255. The topological polar surface area (TPSA) is 35.5 Å². The summed E-state index contributed by atoms with van der Waals surface area (Å²) in [5.74, 6) is 0.337. The van der Waals surface area contributed by atoms with Crippen LogP contribution in [0.2, 0.25) is 0 Å². The van der Waals surface area contributed by atoms with Crippen LogP contribution in [0.15, 0.2) is 0 Å². The molecule has 0 bridgehead atoms. The quantitative estimate of drug-likeness (QED) is 0.609. The molecule has 0 amide bonds. The fourth-order valence-electron chi connectivity index (χ4n) is 1.02. The van der Waals surface area contributed by atoms with E-state index in [1.54, 1.807) is 14.2 Å². The third-order valence-corrected chi connectivity index (χ3v) is 2.20. The number of hydrogen-bond donors (Lipinski definition) is 0. The van der Waals surface area contributed by atoms with Gasteiger partial charge in [0.15, 0.2) is 0 Å². The van der Waals surface area contributed by atoms with Gasteiger partial charge in [0.1, 0.15) is 5.78 Å². The molecule has 78 valence electrons. The third-order valence-electron chi connectivity index (χ3n) is 2.20. The number of carbonyl (C=O) groups is 1. The van der Waals surface area contributed by atoms with Crippen LogP contribution in [0.5, 0.6) is 0 Å². The van der Waals surface area contributed by atoms with Crippen LogP contribution in [0.3, 0.4) is 0 Å². The molecule has 0 fully saturated rings. The molecule has 0 spiro atoms. The molecule has 0 aliphatic carbocycles. The first-order chi connectivity index (χ1) is 6.11. The van der Waals surface area contributed by atoms with Crippen molar-refractivity contribution in [2.24, 2.45) is 5.92 Å². The molecule has 0 aromatic rings. The van der Waals surface area contributed by atoms with E-state index in [9.17, 15) is 4.79 Å². The Labute approximate surface area is 80.4 Å². The molecule has 0 radical (unpaired) electrons. The molecule has 0 saturated carbocycles. The monoisotopic (exact) mass is 188 g/mol. The number of ketones is 1. The standard InChI is InChI=1S/C10H20O3/c1-8(5-6-12-3)10(11)7-9(2)13-4/h8-9H,5-7H2,1-4H3. The number of carbonyl (C=O) groups excluding carboxylic acids is 1. The zero-order valence-corrected chi connectivity index (χ0v) is 9.00.